The maximum atomic E-state index is 11.8. The smallest absolute Gasteiger partial charge is 0.240 e. The van der Waals surface area contributed by atoms with Gasteiger partial charge in [0.15, 0.2) is 0 Å². The van der Waals surface area contributed by atoms with Gasteiger partial charge >= 0.3 is 0 Å². The SMILES string of the molecule is CCC(O)CCNC(=O)C1(N)CCOCC1. The first-order valence-corrected chi connectivity index (χ1v) is 5.91. The lowest BCUT2D eigenvalue weighted by Gasteiger charge is -2.31. The Hall–Kier alpha value is -0.650. The molecule has 1 aliphatic rings. The molecular formula is C11H22N2O3. The molecule has 5 nitrogen and oxygen atoms in total. The normalized spacial score (nSPS) is 21.4. The van der Waals surface area contributed by atoms with Crippen LogP contribution in [0.25, 0.3) is 0 Å². The first-order valence-electron chi connectivity index (χ1n) is 5.91. The van der Waals surface area contributed by atoms with E-state index >= 15 is 0 Å². The number of carbonyl (C=O) groups is 1. The number of aliphatic hydroxyl groups is 1. The lowest BCUT2D eigenvalue weighted by molar-refractivity contribution is -0.129. The van der Waals surface area contributed by atoms with Crippen LogP contribution in [0, 0.1) is 0 Å². The van der Waals surface area contributed by atoms with E-state index in [-0.39, 0.29) is 12.0 Å². The van der Waals surface area contributed by atoms with E-state index in [1.54, 1.807) is 0 Å². The van der Waals surface area contributed by atoms with Crippen molar-refractivity contribution in [2.24, 2.45) is 5.73 Å². The highest BCUT2D eigenvalue weighted by atomic mass is 16.5. The Bertz CT molecular complexity index is 227. The van der Waals surface area contributed by atoms with Crippen LogP contribution in [-0.2, 0) is 9.53 Å². The van der Waals surface area contributed by atoms with Gasteiger partial charge in [0.2, 0.25) is 5.91 Å². The predicted molar refractivity (Wildman–Crippen MR) is 60.9 cm³/mol. The van der Waals surface area contributed by atoms with Gasteiger partial charge in [-0.3, -0.25) is 4.79 Å². The molecule has 0 aromatic heterocycles. The van der Waals surface area contributed by atoms with Gasteiger partial charge in [0.05, 0.1) is 11.6 Å². The van der Waals surface area contributed by atoms with Crippen molar-refractivity contribution in [3.63, 3.8) is 0 Å². The Morgan fingerprint density at radius 2 is 2.19 bits per heavy atom. The number of carbonyl (C=O) groups excluding carboxylic acids is 1. The summed E-state index contributed by atoms with van der Waals surface area (Å²) >= 11 is 0. The van der Waals surface area contributed by atoms with Crippen LogP contribution in [-0.4, -0.2) is 42.4 Å². The molecule has 0 saturated carbocycles. The molecule has 1 rings (SSSR count). The van der Waals surface area contributed by atoms with Crippen LogP contribution in [0.4, 0.5) is 0 Å². The largest absolute Gasteiger partial charge is 0.393 e. The zero-order valence-corrected chi connectivity index (χ0v) is 9.87. The summed E-state index contributed by atoms with van der Waals surface area (Å²) in [7, 11) is 0. The molecule has 1 saturated heterocycles. The molecule has 1 unspecified atom stereocenters. The van der Waals surface area contributed by atoms with Crippen LogP contribution >= 0.6 is 0 Å². The van der Waals surface area contributed by atoms with E-state index in [1.807, 2.05) is 6.92 Å². The van der Waals surface area contributed by atoms with Crippen molar-refractivity contribution in [1.82, 2.24) is 5.32 Å². The summed E-state index contributed by atoms with van der Waals surface area (Å²) in [6.45, 7) is 3.48. The van der Waals surface area contributed by atoms with E-state index in [0.29, 0.717) is 45.4 Å². The number of aliphatic hydroxyl groups excluding tert-OH is 1. The molecule has 0 radical (unpaired) electrons. The van der Waals surface area contributed by atoms with Gasteiger partial charge < -0.3 is 20.9 Å². The monoisotopic (exact) mass is 230 g/mol. The average molecular weight is 230 g/mol. The molecule has 1 aliphatic heterocycles. The van der Waals surface area contributed by atoms with Crippen molar-refractivity contribution >= 4 is 5.91 Å². The van der Waals surface area contributed by atoms with Crippen LogP contribution in [0.5, 0.6) is 0 Å². The van der Waals surface area contributed by atoms with Crippen molar-refractivity contribution in [2.75, 3.05) is 19.8 Å². The van der Waals surface area contributed by atoms with Gasteiger partial charge in [-0.25, -0.2) is 0 Å². The molecule has 1 atom stereocenters. The number of nitrogens with two attached hydrogens (primary N) is 1. The first kappa shape index (κ1) is 13.4. The number of rotatable bonds is 5. The molecule has 1 heterocycles. The molecular weight excluding hydrogens is 208 g/mol. The van der Waals surface area contributed by atoms with E-state index in [4.69, 9.17) is 10.5 Å². The molecule has 0 aliphatic carbocycles. The topological polar surface area (TPSA) is 84.6 Å². The van der Waals surface area contributed by atoms with E-state index < -0.39 is 5.54 Å². The predicted octanol–water partition coefficient (Wildman–Crippen LogP) is -0.228. The highest BCUT2D eigenvalue weighted by molar-refractivity contribution is 5.86. The number of hydrogen-bond acceptors (Lipinski definition) is 4. The number of nitrogens with one attached hydrogen (secondary N) is 1. The third-order valence-corrected chi connectivity index (χ3v) is 3.07. The van der Waals surface area contributed by atoms with E-state index in [1.165, 1.54) is 0 Å². The van der Waals surface area contributed by atoms with Gasteiger partial charge in [-0.05, 0) is 25.7 Å². The van der Waals surface area contributed by atoms with Crippen LogP contribution in [0.15, 0.2) is 0 Å². The highest BCUT2D eigenvalue weighted by Crippen LogP contribution is 2.17. The Morgan fingerprint density at radius 3 is 2.75 bits per heavy atom. The second-order valence-corrected chi connectivity index (χ2v) is 4.38. The third-order valence-electron chi connectivity index (χ3n) is 3.07. The van der Waals surface area contributed by atoms with E-state index in [2.05, 4.69) is 5.32 Å². The van der Waals surface area contributed by atoms with Gasteiger partial charge in [-0.1, -0.05) is 6.92 Å². The summed E-state index contributed by atoms with van der Waals surface area (Å²) in [5.74, 6) is -0.126. The van der Waals surface area contributed by atoms with Crippen LogP contribution in [0.3, 0.4) is 0 Å². The van der Waals surface area contributed by atoms with Gasteiger partial charge in [-0.2, -0.15) is 0 Å². The molecule has 0 spiro atoms. The van der Waals surface area contributed by atoms with Crippen molar-refractivity contribution < 1.29 is 14.6 Å². The molecule has 1 fully saturated rings. The summed E-state index contributed by atoms with van der Waals surface area (Å²) in [6.07, 6.45) is 2.07. The Labute approximate surface area is 96.3 Å². The average Bonchev–Trinajstić information content (AvgIpc) is 2.29. The minimum Gasteiger partial charge on any atom is -0.393 e. The zero-order valence-electron chi connectivity index (χ0n) is 9.87. The van der Waals surface area contributed by atoms with Gasteiger partial charge in [-0.15, -0.1) is 0 Å². The molecule has 1 amide bonds. The summed E-state index contributed by atoms with van der Waals surface area (Å²) in [4.78, 5) is 11.8. The fraction of sp³-hybridized carbons (Fsp3) is 0.909. The molecule has 94 valence electrons. The Balaban J connectivity index is 2.28. The second kappa shape index (κ2) is 6.18. The summed E-state index contributed by atoms with van der Waals surface area (Å²) in [5, 5.41) is 12.1. The van der Waals surface area contributed by atoms with Gasteiger partial charge in [0.25, 0.3) is 0 Å². The van der Waals surface area contributed by atoms with Gasteiger partial charge in [0, 0.05) is 19.8 Å². The fourth-order valence-corrected chi connectivity index (χ4v) is 1.70. The fourth-order valence-electron chi connectivity index (χ4n) is 1.70. The second-order valence-electron chi connectivity index (χ2n) is 4.38. The highest BCUT2D eigenvalue weighted by Gasteiger charge is 2.35. The van der Waals surface area contributed by atoms with Crippen molar-refractivity contribution in [2.45, 2.75) is 44.2 Å². The standard InChI is InChI=1S/C11H22N2O3/c1-2-9(14)3-6-13-10(15)11(12)4-7-16-8-5-11/h9,14H,2-8,12H2,1H3,(H,13,15). The molecule has 16 heavy (non-hydrogen) atoms. The lowest BCUT2D eigenvalue weighted by Crippen LogP contribution is -2.57. The molecule has 0 aromatic carbocycles. The van der Waals surface area contributed by atoms with Crippen LogP contribution in [0.1, 0.15) is 32.6 Å². The maximum Gasteiger partial charge on any atom is 0.240 e. The van der Waals surface area contributed by atoms with Crippen LogP contribution in [0.2, 0.25) is 0 Å². The first-order chi connectivity index (χ1) is 7.58. The molecule has 0 aromatic rings. The molecule has 0 bridgehead atoms. The summed E-state index contributed by atoms with van der Waals surface area (Å²) in [5.41, 5.74) is 5.22. The minimum atomic E-state index is -0.782. The van der Waals surface area contributed by atoms with E-state index in [0.717, 1.165) is 0 Å². The molecule has 5 heteroatoms. The number of hydrogen-bond donors (Lipinski definition) is 3. The maximum absolute atomic E-state index is 11.8. The zero-order chi connectivity index (χ0) is 12.0. The summed E-state index contributed by atoms with van der Waals surface area (Å²) < 4.78 is 5.18. The minimum absolute atomic E-state index is 0.126. The Kier molecular flexibility index (Phi) is 5.18. The van der Waals surface area contributed by atoms with Crippen molar-refractivity contribution in [1.29, 1.82) is 0 Å². The van der Waals surface area contributed by atoms with E-state index in [9.17, 15) is 9.90 Å². The molecule has 4 N–H and O–H groups in total. The summed E-state index contributed by atoms with van der Waals surface area (Å²) in [6, 6.07) is 0. The number of amides is 1. The van der Waals surface area contributed by atoms with Gasteiger partial charge in [0.1, 0.15) is 0 Å². The van der Waals surface area contributed by atoms with Crippen LogP contribution < -0.4 is 11.1 Å². The lowest BCUT2D eigenvalue weighted by atomic mass is 9.90. The quantitative estimate of drug-likeness (QED) is 0.609. The van der Waals surface area contributed by atoms with Crippen molar-refractivity contribution in [3.05, 3.63) is 0 Å². The Morgan fingerprint density at radius 1 is 1.56 bits per heavy atom. The number of ether oxygens (including phenoxy) is 1. The van der Waals surface area contributed by atoms with Crippen molar-refractivity contribution in [3.8, 4) is 0 Å². The third kappa shape index (κ3) is 3.73.